The van der Waals surface area contributed by atoms with E-state index in [1.165, 1.54) is 0 Å². The second-order valence-electron chi connectivity index (χ2n) is 5.54. The molecule has 2 aliphatic rings. The second kappa shape index (κ2) is 5.67. The minimum Gasteiger partial charge on any atom is -0.334 e. The van der Waals surface area contributed by atoms with Gasteiger partial charge in [-0.2, -0.15) is 0 Å². The maximum Gasteiger partial charge on any atom is 0.297 e. The van der Waals surface area contributed by atoms with Gasteiger partial charge in [-0.3, -0.25) is 14.9 Å². The Hall–Kier alpha value is -1.13. The summed E-state index contributed by atoms with van der Waals surface area (Å²) >= 11 is 0. The van der Waals surface area contributed by atoms with Crippen molar-refractivity contribution in [2.24, 2.45) is 5.92 Å². The lowest BCUT2D eigenvalue weighted by atomic mass is 9.86. The fourth-order valence-corrected chi connectivity index (χ4v) is 2.91. The van der Waals surface area contributed by atoms with Crippen molar-refractivity contribution in [3.8, 4) is 0 Å². The topological polar surface area (TPSA) is 63.5 Å². The Bertz CT molecular complexity index is 328. The van der Waals surface area contributed by atoms with Gasteiger partial charge in [0.05, 0.1) is 0 Å². The van der Waals surface area contributed by atoms with Gasteiger partial charge in [0.25, 0.3) is 11.9 Å². The van der Waals surface area contributed by atoms with E-state index in [1.807, 2.05) is 0 Å². The van der Waals surface area contributed by atoms with Gasteiger partial charge >= 0.3 is 0 Å². The molecular formula is C13H22N2O3. The molecule has 0 aromatic rings. The highest BCUT2D eigenvalue weighted by Crippen LogP contribution is 2.34. The number of hydrogen-bond donors (Lipinski definition) is 0. The predicted molar refractivity (Wildman–Crippen MR) is 67.8 cm³/mol. The Kier molecular flexibility index (Phi) is 4.19. The molecule has 1 amide bonds. The lowest BCUT2D eigenvalue weighted by Gasteiger charge is -2.33. The van der Waals surface area contributed by atoms with E-state index >= 15 is 0 Å². The number of likely N-dealkylation sites (tertiary alicyclic amines) is 1. The molecule has 1 saturated heterocycles. The lowest BCUT2D eigenvalue weighted by molar-refractivity contribution is -0.520. The fourth-order valence-electron chi connectivity index (χ4n) is 2.91. The number of hydrogen-bond acceptors (Lipinski definition) is 3. The van der Waals surface area contributed by atoms with Gasteiger partial charge in [-0.25, -0.2) is 0 Å². The van der Waals surface area contributed by atoms with Crippen LogP contribution in [0.4, 0.5) is 0 Å². The van der Waals surface area contributed by atoms with Crippen molar-refractivity contribution in [3.63, 3.8) is 0 Å². The largest absolute Gasteiger partial charge is 0.334 e. The minimum atomic E-state index is -0.976. The van der Waals surface area contributed by atoms with Crippen molar-refractivity contribution in [1.82, 2.24) is 4.90 Å². The number of rotatable bonds is 6. The van der Waals surface area contributed by atoms with Gasteiger partial charge in [0.15, 0.2) is 0 Å². The van der Waals surface area contributed by atoms with E-state index < -0.39 is 6.04 Å². The van der Waals surface area contributed by atoms with Crippen LogP contribution < -0.4 is 0 Å². The molecule has 0 aromatic carbocycles. The molecule has 5 heteroatoms. The van der Waals surface area contributed by atoms with Gasteiger partial charge in [0, 0.05) is 23.4 Å². The smallest absolute Gasteiger partial charge is 0.297 e. The normalized spacial score (nSPS) is 28.5. The van der Waals surface area contributed by atoms with Gasteiger partial charge in [0.1, 0.15) is 0 Å². The van der Waals surface area contributed by atoms with E-state index in [-0.39, 0.29) is 16.7 Å². The van der Waals surface area contributed by atoms with Crippen LogP contribution in [-0.2, 0) is 4.79 Å². The number of nitrogens with zero attached hydrogens (tertiary/aromatic N) is 2. The Morgan fingerprint density at radius 2 is 2.06 bits per heavy atom. The summed E-state index contributed by atoms with van der Waals surface area (Å²) in [6, 6.07) is -0.673. The average Bonchev–Trinajstić information content (AvgIpc) is 3.13. The molecular weight excluding hydrogens is 232 g/mol. The summed E-state index contributed by atoms with van der Waals surface area (Å²) in [6.07, 6.45) is 6.89. The van der Waals surface area contributed by atoms with Crippen molar-refractivity contribution < 1.29 is 9.72 Å². The first-order chi connectivity index (χ1) is 8.65. The first-order valence-corrected chi connectivity index (χ1v) is 7.09. The van der Waals surface area contributed by atoms with Crippen molar-refractivity contribution in [1.29, 1.82) is 0 Å². The monoisotopic (exact) mass is 254 g/mol. The molecule has 0 N–H and O–H groups in total. The quantitative estimate of drug-likeness (QED) is 0.415. The maximum absolute atomic E-state index is 12.2. The molecule has 1 aliphatic heterocycles. The molecule has 102 valence electrons. The van der Waals surface area contributed by atoms with Gasteiger partial charge < -0.3 is 4.90 Å². The third-order valence-electron chi connectivity index (χ3n) is 4.12. The Balaban J connectivity index is 1.97. The van der Waals surface area contributed by atoms with Crippen LogP contribution in [0.25, 0.3) is 0 Å². The Labute approximate surface area is 108 Å². The van der Waals surface area contributed by atoms with Crippen LogP contribution in [0.3, 0.4) is 0 Å². The van der Waals surface area contributed by atoms with Crippen LogP contribution in [0.1, 0.15) is 51.9 Å². The molecule has 5 nitrogen and oxygen atoms in total. The van der Waals surface area contributed by atoms with Crippen LogP contribution >= 0.6 is 0 Å². The summed E-state index contributed by atoms with van der Waals surface area (Å²) in [5, 5.41) is 11.2. The summed E-state index contributed by atoms with van der Waals surface area (Å²) in [4.78, 5) is 24.7. The summed E-state index contributed by atoms with van der Waals surface area (Å²) in [5.74, 6) is -0.274. The number of nitro groups is 1. The first kappa shape index (κ1) is 13.3. The van der Waals surface area contributed by atoms with E-state index in [0.717, 1.165) is 51.5 Å². The van der Waals surface area contributed by atoms with E-state index in [2.05, 4.69) is 6.92 Å². The third-order valence-corrected chi connectivity index (χ3v) is 4.12. The zero-order valence-corrected chi connectivity index (χ0v) is 11.0. The van der Waals surface area contributed by atoms with Gasteiger partial charge in [-0.1, -0.05) is 26.2 Å². The Morgan fingerprint density at radius 3 is 2.61 bits per heavy atom. The summed E-state index contributed by atoms with van der Waals surface area (Å²) < 4.78 is 0. The Morgan fingerprint density at radius 1 is 1.33 bits per heavy atom. The first-order valence-electron chi connectivity index (χ1n) is 7.09. The van der Waals surface area contributed by atoms with Crippen molar-refractivity contribution >= 4 is 5.91 Å². The van der Waals surface area contributed by atoms with E-state index in [4.69, 9.17) is 0 Å². The summed E-state index contributed by atoms with van der Waals surface area (Å²) in [6.45, 7) is 2.84. The highest BCUT2D eigenvalue weighted by atomic mass is 16.6. The van der Waals surface area contributed by atoms with Crippen LogP contribution in [0.2, 0.25) is 0 Å². The number of carbonyl (C=O) groups excluding carboxylic acids is 1. The van der Waals surface area contributed by atoms with E-state index in [1.54, 1.807) is 4.90 Å². The van der Waals surface area contributed by atoms with Crippen molar-refractivity contribution in [2.45, 2.75) is 64.0 Å². The molecule has 18 heavy (non-hydrogen) atoms. The third kappa shape index (κ3) is 2.82. The molecule has 0 aromatic heterocycles. The van der Waals surface area contributed by atoms with Gasteiger partial charge in [-0.05, 0) is 25.7 Å². The maximum atomic E-state index is 12.2. The lowest BCUT2D eigenvalue weighted by Crippen LogP contribution is -2.53. The van der Waals surface area contributed by atoms with Crippen molar-refractivity contribution in [2.75, 3.05) is 6.54 Å². The molecule has 1 saturated carbocycles. The van der Waals surface area contributed by atoms with Gasteiger partial charge in [-0.15, -0.1) is 0 Å². The average molecular weight is 254 g/mol. The van der Waals surface area contributed by atoms with Crippen LogP contribution in [0, 0.1) is 16.0 Å². The highest BCUT2D eigenvalue weighted by Gasteiger charge is 2.48. The van der Waals surface area contributed by atoms with E-state index in [0.29, 0.717) is 6.04 Å². The molecule has 1 heterocycles. The molecule has 0 radical (unpaired) electrons. The molecule has 2 fully saturated rings. The zero-order valence-electron chi connectivity index (χ0n) is 11.0. The molecule has 2 unspecified atom stereocenters. The molecule has 0 spiro atoms. The number of unbranched alkanes of at least 4 members (excludes halogenated alkanes) is 2. The SMILES string of the molecule is CCCCCC1CCN(C2CC2)C(=O)C1[N+](=O)[O-]. The highest BCUT2D eigenvalue weighted by molar-refractivity contribution is 5.82. The minimum absolute atomic E-state index is 0.0472. The second-order valence-corrected chi connectivity index (χ2v) is 5.54. The number of amides is 1. The summed E-state index contributed by atoms with van der Waals surface area (Å²) in [7, 11) is 0. The number of carbonyl (C=O) groups is 1. The summed E-state index contributed by atoms with van der Waals surface area (Å²) in [5.41, 5.74) is 0. The van der Waals surface area contributed by atoms with Gasteiger partial charge in [0.2, 0.25) is 0 Å². The predicted octanol–water partition coefficient (Wildman–Crippen LogP) is 2.22. The molecule has 2 atom stereocenters. The molecule has 1 aliphatic carbocycles. The van der Waals surface area contributed by atoms with Crippen LogP contribution in [-0.4, -0.2) is 34.4 Å². The van der Waals surface area contributed by atoms with E-state index in [9.17, 15) is 14.9 Å². The number of piperidine rings is 1. The molecule has 0 bridgehead atoms. The zero-order chi connectivity index (χ0) is 13.1. The molecule has 2 rings (SSSR count). The van der Waals surface area contributed by atoms with Crippen molar-refractivity contribution in [3.05, 3.63) is 10.1 Å². The fraction of sp³-hybridized carbons (Fsp3) is 0.923. The van der Waals surface area contributed by atoms with Crippen LogP contribution in [0.5, 0.6) is 0 Å². The standard InChI is InChI=1S/C13H22N2O3/c1-2-3-4-5-10-8-9-14(11-6-7-11)13(16)12(10)15(17)18/h10-12H,2-9H2,1H3. The van der Waals surface area contributed by atoms with Crippen LogP contribution in [0.15, 0.2) is 0 Å².